The molecule has 0 spiro atoms. The largest absolute Gasteiger partial charge is 0.486 e. The molecule has 28 heavy (non-hydrogen) atoms. The van der Waals surface area contributed by atoms with Crippen molar-refractivity contribution in [2.24, 2.45) is 0 Å². The number of hydrogen-bond donors (Lipinski definition) is 1. The fourth-order valence-electron chi connectivity index (χ4n) is 3.09. The summed E-state index contributed by atoms with van der Waals surface area (Å²) >= 11 is 6.21. The third-order valence-corrected chi connectivity index (χ3v) is 4.85. The van der Waals surface area contributed by atoms with Crippen molar-refractivity contribution in [2.75, 3.05) is 18.5 Å². The zero-order valence-corrected chi connectivity index (χ0v) is 16.0. The maximum absolute atomic E-state index is 12.6. The fourth-order valence-corrected chi connectivity index (χ4v) is 3.29. The second-order valence-corrected chi connectivity index (χ2v) is 6.90. The van der Waals surface area contributed by atoms with E-state index < -0.39 is 0 Å². The third-order valence-electron chi connectivity index (χ3n) is 4.54. The van der Waals surface area contributed by atoms with E-state index in [1.807, 2.05) is 19.1 Å². The lowest BCUT2D eigenvalue weighted by molar-refractivity contribution is -0.116. The molecule has 4 rings (SSSR count). The summed E-state index contributed by atoms with van der Waals surface area (Å²) in [5.74, 6) is 0.824. The van der Waals surface area contributed by atoms with Crippen molar-refractivity contribution in [3.63, 3.8) is 0 Å². The van der Waals surface area contributed by atoms with Gasteiger partial charge >= 0.3 is 0 Å². The molecule has 0 bridgehead atoms. The minimum absolute atomic E-state index is 0.101. The van der Waals surface area contributed by atoms with Crippen molar-refractivity contribution in [3.8, 4) is 11.5 Å². The Balaban J connectivity index is 1.47. The maximum Gasteiger partial charge on any atom is 0.261 e. The van der Waals surface area contributed by atoms with Gasteiger partial charge in [-0.3, -0.25) is 14.2 Å². The topological polar surface area (TPSA) is 82.5 Å². The van der Waals surface area contributed by atoms with Crippen LogP contribution in [-0.4, -0.2) is 28.7 Å². The highest BCUT2D eigenvalue weighted by molar-refractivity contribution is 6.34. The normalized spacial score (nSPS) is 12.8. The number of carbonyl (C=O) groups excluding carboxylic acids is 1. The predicted octanol–water partition coefficient (Wildman–Crippen LogP) is 3.16. The number of para-hydroxylation sites is 1. The molecule has 0 radical (unpaired) electrons. The Morgan fingerprint density at radius 3 is 2.79 bits per heavy atom. The molecule has 1 amide bonds. The van der Waals surface area contributed by atoms with Gasteiger partial charge in [-0.15, -0.1) is 0 Å². The molecule has 2 heterocycles. The number of fused-ring (bicyclic) bond motifs is 2. The second-order valence-electron chi connectivity index (χ2n) is 6.49. The summed E-state index contributed by atoms with van der Waals surface area (Å²) in [5.41, 5.74) is 1.89. The molecule has 144 valence electrons. The van der Waals surface area contributed by atoms with Crippen molar-refractivity contribution in [3.05, 3.63) is 57.6 Å². The van der Waals surface area contributed by atoms with E-state index in [2.05, 4.69) is 10.3 Å². The van der Waals surface area contributed by atoms with Gasteiger partial charge in [0.05, 0.1) is 27.9 Å². The minimum Gasteiger partial charge on any atom is -0.486 e. The van der Waals surface area contributed by atoms with Gasteiger partial charge < -0.3 is 14.8 Å². The molecule has 8 heteroatoms. The predicted molar refractivity (Wildman–Crippen MR) is 106 cm³/mol. The molecule has 1 aliphatic rings. The number of ether oxygens (including phenoxy) is 2. The van der Waals surface area contributed by atoms with Gasteiger partial charge in [-0.05, 0) is 18.6 Å². The average molecular weight is 400 g/mol. The smallest absolute Gasteiger partial charge is 0.261 e. The summed E-state index contributed by atoms with van der Waals surface area (Å²) in [6.45, 7) is 3.02. The standard InChI is InChI=1S/C20H18ClN3O4/c1-12-3-2-4-13-19(12)22-11-24(20(13)26)6-5-18(25)23-15-10-17-16(9-14(15)21)27-7-8-28-17/h2-4,9-11H,5-8H2,1H3,(H,23,25). The van der Waals surface area contributed by atoms with E-state index in [0.717, 1.165) is 5.56 Å². The first-order valence-corrected chi connectivity index (χ1v) is 9.24. The number of carbonyl (C=O) groups is 1. The number of aryl methyl sites for hydroxylation is 2. The van der Waals surface area contributed by atoms with Crippen LogP contribution in [0.1, 0.15) is 12.0 Å². The second kappa shape index (κ2) is 7.52. The van der Waals surface area contributed by atoms with E-state index in [1.165, 1.54) is 10.9 Å². The molecule has 7 nitrogen and oxygen atoms in total. The van der Waals surface area contributed by atoms with Crippen LogP contribution >= 0.6 is 11.6 Å². The Hall–Kier alpha value is -3.06. The van der Waals surface area contributed by atoms with Crippen molar-refractivity contribution in [1.29, 1.82) is 0 Å². The first-order chi connectivity index (χ1) is 13.5. The molecule has 0 aliphatic carbocycles. The Kier molecular flexibility index (Phi) is 4.92. The van der Waals surface area contributed by atoms with E-state index >= 15 is 0 Å². The van der Waals surface area contributed by atoms with Crippen molar-refractivity contribution >= 4 is 34.1 Å². The van der Waals surface area contributed by atoms with Gasteiger partial charge in [-0.25, -0.2) is 4.98 Å². The van der Waals surface area contributed by atoms with Gasteiger partial charge in [0, 0.05) is 25.1 Å². The summed E-state index contributed by atoms with van der Waals surface area (Å²) in [6, 6.07) is 8.72. The zero-order valence-electron chi connectivity index (χ0n) is 15.2. The van der Waals surface area contributed by atoms with Crippen LogP contribution in [0.15, 0.2) is 41.5 Å². The number of rotatable bonds is 4. The Bertz CT molecular complexity index is 1130. The fraction of sp³-hybridized carbons (Fsp3) is 0.250. The molecule has 0 fully saturated rings. The van der Waals surface area contributed by atoms with Crippen molar-refractivity contribution < 1.29 is 14.3 Å². The maximum atomic E-state index is 12.6. The third kappa shape index (κ3) is 3.53. The number of anilines is 1. The monoisotopic (exact) mass is 399 g/mol. The quantitative estimate of drug-likeness (QED) is 0.728. The van der Waals surface area contributed by atoms with Crippen LogP contribution in [0, 0.1) is 6.92 Å². The first-order valence-electron chi connectivity index (χ1n) is 8.86. The first kappa shape index (κ1) is 18.3. The highest BCUT2D eigenvalue weighted by atomic mass is 35.5. The van der Waals surface area contributed by atoms with Gasteiger partial charge in [0.2, 0.25) is 5.91 Å². The summed E-state index contributed by atoms with van der Waals surface area (Å²) in [6.07, 6.45) is 1.58. The summed E-state index contributed by atoms with van der Waals surface area (Å²) in [4.78, 5) is 29.3. The van der Waals surface area contributed by atoms with E-state index in [-0.39, 0.29) is 24.4 Å². The summed E-state index contributed by atoms with van der Waals surface area (Å²) in [5, 5.41) is 3.65. The molecule has 1 N–H and O–H groups in total. The van der Waals surface area contributed by atoms with Crippen molar-refractivity contribution in [2.45, 2.75) is 19.9 Å². The molecular formula is C20H18ClN3O4. The highest BCUT2D eigenvalue weighted by Gasteiger charge is 2.16. The molecule has 1 aliphatic heterocycles. The number of aromatic nitrogens is 2. The van der Waals surface area contributed by atoms with Crippen LogP contribution < -0.4 is 20.3 Å². The molecule has 0 atom stereocenters. The van der Waals surface area contributed by atoms with E-state index in [9.17, 15) is 9.59 Å². The van der Waals surface area contributed by atoms with Crippen LogP contribution in [0.4, 0.5) is 5.69 Å². The van der Waals surface area contributed by atoms with Gasteiger partial charge in [0.15, 0.2) is 11.5 Å². The number of benzene rings is 2. The van der Waals surface area contributed by atoms with Crippen LogP contribution in [0.25, 0.3) is 10.9 Å². The number of nitrogens with one attached hydrogen (secondary N) is 1. The lowest BCUT2D eigenvalue weighted by Crippen LogP contribution is -2.24. The van der Waals surface area contributed by atoms with Crippen LogP contribution in [0.2, 0.25) is 5.02 Å². The molecule has 2 aromatic carbocycles. The summed E-state index contributed by atoms with van der Waals surface area (Å²) in [7, 11) is 0. The van der Waals surface area contributed by atoms with E-state index in [1.54, 1.807) is 18.2 Å². The number of amides is 1. The molecular weight excluding hydrogens is 382 g/mol. The Morgan fingerprint density at radius 1 is 1.25 bits per heavy atom. The van der Waals surface area contributed by atoms with E-state index in [4.69, 9.17) is 21.1 Å². The Morgan fingerprint density at radius 2 is 2.00 bits per heavy atom. The van der Waals surface area contributed by atoms with Crippen LogP contribution in [0.3, 0.4) is 0 Å². The molecule has 0 saturated heterocycles. The number of nitrogens with zero attached hydrogens (tertiary/aromatic N) is 2. The molecule has 1 aromatic heterocycles. The number of hydrogen-bond acceptors (Lipinski definition) is 5. The average Bonchev–Trinajstić information content (AvgIpc) is 2.69. The lowest BCUT2D eigenvalue weighted by atomic mass is 10.1. The van der Waals surface area contributed by atoms with Gasteiger partial charge in [0.25, 0.3) is 5.56 Å². The van der Waals surface area contributed by atoms with Crippen LogP contribution in [-0.2, 0) is 11.3 Å². The zero-order chi connectivity index (χ0) is 19.7. The Labute approximate surface area is 165 Å². The van der Waals surface area contributed by atoms with Crippen molar-refractivity contribution in [1.82, 2.24) is 9.55 Å². The molecule has 0 unspecified atom stereocenters. The summed E-state index contributed by atoms with van der Waals surface area (Å²) < 4.78 is 12.4. The number of halogens is 1. The highest BCUT2D eigenvalue weighted by Crippen LogP contribution is 2.37. The molecule has 3 aromatic rings. The van der Waals surface area contributed by atoms with Gasteiger partial charge in [0.1, 0.15) is 13.2 Å². The van der Waals surface area contributed by atoms with Gasteiger partial charge in [-0.1, -0.05) is 23.7 Å². The van der Waals surface area contributed by atoms with Gasteiger partial charge in [-0.2, -0.15) is 0 Å². The molecule has 0 saturated carbocycles. The van der Waals surface area contributed by atoms with Crippen LogP contribution in [0.5, 0.6) is 11.5 Å². The lowest BCUT2D eigenvalue weighted by Gasteiger charge is -2.20. The SMILES string of the molecule is Cc1cccc2c(=O)n(CCC(=O)Nc3cc4c(cc3Cl)OCCO4)cnc12. The minimum atomic E-state index is -0.269. The van der Waals surface area contributed by atoms with E-state index in [0.29, 0.717) is 46.3 Å².